The molecule has 3 rings (SSSR count). The van der Waals surface area contributed by atoms with Crippen LogP contribution in [0, 0.1) is 0 Å². The predicted octanol–water partition coefficient (Wildman–Crippen LogP) is 7.22. The normalized spacial score (nSPS) is 11.0. The highest BCUT2D eigenvalue weighted by molar-refractivity contribution is 9.11. The lowest BCUT2D eigenvalue weighted by Gasteiger charge is -2.11. The van der Waals surface area contributed by atoms with Crippen LogP contribution in [0.2, 0.25) is 10.0 Å². The van der Waals surface area contributed by atoms with Gasteiger partial charge in [-0.15, -0.1) is 0 Å². The standard InChI is InChI=1S/C21H16Br2Cl2N2O/c22-17-9-15(11-26-27-12-16-19(24)7-4-8-20(16)25)10-18(23)21(17)28-13-14-5-2-1-3-6-14/h1-11,27H,12-13H2/b26-11-. The van der Waals surface area contributed by atoms with Gasteiger partial charge in [0.2, 0.25) is 0 Å². The fourth-order valence-corrected chi connectivity index (χ4v) is 4.45. The maximum absolute atomic E-state index is 6.16. The van der Waals surface area contributed by atoms with Gasteiger partial charge in [0.25, 0.3) is 0 Å². The molecule has 3 aromatic carbocycles. The smallest absolute Gasteiger partial charge is 0.148 e. The van der Waals surface area contributed by atoms with E-state index in [9.17, 15) is 0 Å². The van der Waals surface area contributed by atoms with Crippen molar-refractivity contribution < 1.29 is 4.74 Å². The minimum atomic E-state index is 0.440. The largest absolute Gasteiger partial charge is 0.487 e. The van der Waals surface area contributed by atoms with Gasteiger partial charge in [-0.05, 0) is 67.3 Å². The Balaban J connectivity index is 1.62. The minimum absolute atomic E-state index is 0.440. The lowest BCUT2D eigenvalue weighted by atomic mass is 10.2. The third-order valence-corrected chi connectivity index (χ3v) is 5.76. The molecule has 0 bridgehead atoms. The van der Waals surface area contributed by atoms with Gasteiger partial charge in [-0.2, -0.15) is 5.10 Å². The summed E-state index contributed by atoms with van der Waals surface area (Å²) in [4.78, 5) is 0. The van der Waals surface area contributed by atoms with E-state index in [0.717, 1.165) is 31.4 Å². The van der Waals surface area contributed by atoms with Crippen molar-refractivity contribution in [3.63, 3.8) is 0 Å². The first kappa shape index (κ1) is 21.2. The van der Waals surface area contributed by atoms with Crippen molar-refractivity contribution in [2.75, 3.05) is 0 Å². The monoisotopic (exact) mass is 540 g/mol. The van der Waals surface area contributed by atoms with Gasteiger partial charge in [0.05, 0.1) is 21.7 Å². The third kappa shape index (κ3) is 5.74. The summed E-state index contributed by atoms with van der Waals surface area (Å²) in [6, 6.07) is 19.3. The van der Waals surface area contributed by atoms with E-state index < -0.39 is 0 Å². The van der Waals surface area contributed by atoms with Crippen LogP contribution in [0.1, 0.15) is 16.7 Å². The van der Waals surface area contributed by atoms with E-state index in [2.05, 4.69) is 42.4 Å². The van der Waals surface area contributed by atoms with Crippen LogP contribution in [0.4, 0.5) is 0 Å². The highest BCUT2D eigenvalue weighted by Gasteiger charge is 2.09. The van der Waals surface area contributed by atoms with Gasteiger partial charge in [0.1, 0.15) is 12.4 Å². The van der Waals surface area contributed by atoms with E-state index in [1.54, 1.807) is 18.3 Å². The summed E-state index contributed by atoms with van der Waals surface area (Å²) >= 11 is 19.4. The average molecular weight is 543 g/mol. The van der Waals surface area contributed by atoms with Gasteiger partial charge >= 0.3 is 0 Å². The molecule has 0 saturated carbocycles. The zero-order valence-electron chi connectivity index (χ0n) is 14.6. The average Bonchev–Trinajstić information content (AvgIpc) is 2.67. The summed E-state index contributed by atoms with van der Waals surface area (Å²) in [6.45, 7) is 0.932. The zero-order chi connectivity index (χ0) is 19.9. The fraction of sp³-hybridized carbons (Fsp3) is 0.0952. The molecule has 1 N–H and O–H groups in total. The molecule has 0 spiro atoms. The topological polar surface area (TPSA) is 33.6 Å². The molecule has 28 heavy (non-hydrogen) atoms. The number of nitrogens with zero attached hydrogens (tertiary/aromatic N) is 1. The second-order valence-corrected chi connectivity index (χ2v) is 8.40. The van der Waals surface area contributed by atoms with E-state index in [4.69, 9.17) is 27.9 Å². The maximum Gasteiger partial charge on any atom is 0.148 e. The van der Waals surface area contributed by atoms with Crippen LogP contribution in [0.3, 0.4) is 0 Å². The molecular formula is C21H16Br2Cl2N2O. The van der Waals surface area contributed by atoms with Crippen molar-refractivity contribution in [2.45, 2.75) is 13.2 Å². The fourth-order valence-electron chi connectivity index (χ4n) is 2.47. The molecule has 0 aliphatic carbocycles. The van der Waals surface area contributed by atoms with Crippen molar-refractivity contribution in [3.8, 4) is 5.75 Å². The van der Waals surface area contributed by atoms with Crippen LogP contribution in [-0.2, 0) is 13.2 Å². The number of hydrogen-bond acceptors (Lipinski definition) is 3. The maximum atomic E-state index is 6.16. The Morgan fingerprint density at radius 1 is 0.929 bits per heavy atom. The predicted molar refractivity (Wildman–Crippen MR) is 124 cm³/mol. The molecule has 0 heterocycles. The quantitative estimate of drug-likeness (QED) is 0.252. The van der Waals surface area contributed by atoms with Crippen LogP contribution >= 0.6 is 55.1 Å². The highest BCUT2D eigenvalue weighted by Crippen LogP contribution is 2.35. The Morgan fingerprint density at radius 3 is 2.21 bits per heavy atom. The number of benzene rings is 3. The number of halogens is 4. The van der Waals surface area contributed by atoms with E-state index in [1.807, 2.05) is 48.5 Å². The SMILES string of the molecule is Clc1cccc(Cl)c1CN/N=C\c1cc(Br)c(OCc2ccccc2)c(Br)c1. The van der Waals surface area contributed by atoms with Gasteiger partial charge in [-0.1, -0.05) is 59.6 Å². The summed E-state index contributed by atoms with van der Waals surface area (Å²) in [5.41, 5.74) is 5.80. The molecule has 0 atom stereocenters. The first-order chi connectivity index (χ1) is 13.5. The van der Waals surface area contributed by atoms with E-state index in [0.29, 0.717) is 23.2 Å². The Hall–Kier alpha value is -1.53. The second-order valence-electron chi connectivity index (χ2n) is 5.88. The van der Waals surface area contributed by atoms with Gasteiger partial charge in [0.15, 0.2) is 0 Å². The van der Waals surface area contributed by atoms with Crippen LogP contribution in [0.25, 0.3) is 0 Å². The lowest BCUT2D eigenvalue weighted by Crippen LogP contribution is -2.06. The number of ether oxygens (including phenoxy) is 1. The molecule has 0 aromatic heterocycles. The number of rotatable bonds is 7. The molecule has 144 valence electrons. The first-order valence-electron chi connectivity index (χ1n) is 8.39. The molecule has 0 aliphatic rings. The molecule has 0 radical (unpaired) electrons. The molecule has 7 heteroatoms. The summed E-state index contributed by atoms with van der Waals surface area (Å²) in [5, 5.41) is 5.47. The number of hydrogen-bond donors (Lipinski definition) is 1. The summed E-state index contributed by atoms with van der Waals surface area (Å²) in [5.74, 6) is 0.747. The Labute approximate surface area is 191 Å². The first-order valence-corrected chi connectivity index (χ1v) is 10.7. The van der Waals surface area contributed by atoms with Crippen molar-refractivity contribution in [3.05, 3.63) is 96.3 Å². The molecule has 3 nitrogen and oxygen atoms in total. The van der Waals surface area contributed by atoms with Gasteiger partial charge in [-0.3, -0.25) is 0 Å². The molecule has 3 aromatic rings. The summed E-state index contributed by atoms with van der Waals surface area (Å²) in [6.07, 6.45) is 1.72. The lowest BCUT2D eigenvalue weighted by molar-refractivity contribution is 0.302. The van der Waals surface area contributed by atoms with Gasteiger partial charge in [0, 0.05) is 15.6 Å². The van der Waals surface area contributed by atoms with E-state index in [1.165, 1.54) is 0 Å². The van der Waals surface area contributed by atoms with Gasteiger partial charge in [-0.25, -0.2) is 0 Å². The molecular weight excluding hydrogens is 527 g/mol. The zero-order valence-corrected chi connectivity index (χ0v) is 19.3. The number of nitrogens with one attached hydrogen (secondary N) is 1. The number of hydrazone groups is 1. The Bertz CT molecular complexity index is 938. The second kappa shape index (κ2) is 10.3. The third-order valence-electron chi connectivity index (χ3n) is 3.87. The van der Waals surface area contributed by atoms with E-state index >= 15 is 0 Å². The molecule has 0 aliphatic heterocycles. The van der Waals surface area contributed by atoms with Crippen molar-refractivity contribution in [1.29, 1.82) is 0 Å². The molecule has 0 saturated heterocycles. The van der Waals surface area contributed by atoms with Crippen LogP contribution in [-0.4, -0.2) is 6.21 Å². The van der Waals surface area contributed by atoms with Crippen LogP contribution < -0.4 is 10.2 Å². The Kier molecular flexibility index (Phi) is 7.80. The van der Waals surface area contributed by atoms with Crippen molar-refractivity contribution in [1.82, 2.24) is 5.43 Å². The molecule has 0 amide bonds. The Morgan fingerprint density at radius 2 is 1.57 bits per heavy atom. The summed E-state index contributed by atoms with van der Waals surface area (Å²) < 4.78 is 7.62. The highest BCUT2D eigenvalue weighted by atomic mass is 79.9. The molecule has 0 fully saturated rings. The molecule has 0 unspecified atom stereocenters. The van der Waals surface area contributed by atoms with Gasteiger partial charge < -0.3 is 10.2 Å². The minimum Gasteiger partial charge on any atom is -0.487 e. The van der Waals surface area contributed by atoms with Crippen molar-refractivity contribution >= 4 is 61.3 Å². The van der Waals surface area contributed by atoms with Crippen LogP contribution in [0.15, 0.2) is 74.7 Å². The van der Waals surface area contributed by atoms with E-state index in [-0.39, 0.29) is 0 Å². The van der Waals surface area contributed by atoms with Crippen molar-refractivity contribution in [2.24, 2.45) is 5.10 Å². The summed E-state index contributed by atoms with van der Waals surface area (Å²) in [7, 11) is 0. The van der Waals surface area contributed by atoms with Crippen LogP contribution in [0.5, 0.6) is 5.75 Å².